The van der Waals surface area contributed by atoms with Crippen LogP contribution in [0.3, 0.4) is 0 Å². The highest BCUT2D eigenvalue weighted by molar-refractivity contribution is 6.30. The average Bonchev–Trinajstić information content (AvgIpc) is 3.57. The van der Waals surface area contributed by atoms with Crippen molar-refractivity contribution in [1.29, 1.82) is 0 Å². The smallest absolute Gasteiger partial charge is 0.260 e. The molecule has 2 saturated heterocycles. The minimum absolute atomic E-state index is 0.0446. The molecule has 5 aromatic carbocycles. The second-order valence-electron chi connectivity index (χ2n) is 14.4. The summed E-state index contributed by atoms with van der Waals surface area (Å²) in [5.41, 5.74) is 4.58. The monoisotopic (exact) mass is 737 g/mol. The zero-order valence-electron chi connectivity index (χ0n) is 28.8. The lowest BCUT2D eigenvalue weighted by Gasteiger charge is -2.50. The Balaban J connectivity index is 1.26. The Hall–Kier alpha value is -6.06. The third-order valence-electron chi connectivity index (χ3n) is 11.9. The third-order valence-corrected chi connectivity index (χ3v) is 12.1. The molecule has 6 atom stereocenters. The molecule has 2 aliphatic heterocycles. The van der Waals surface area contributed by atoms with Crippen molar-refractivity contribution in [2.75, 3.05) is 10.3 Å². The van der Waals surface area contributed by atoms with Gasteiger partial charge in [0.1, 0.15) is 11.6 Å². The standard InChI is InChI=1S/C44H33ClFN3O5/c1-2-24-7-18-30(19-8-24)48-40(51)33-22-21-32-35(37(33)42(48)53)23-36-41(52)49(47-29-16-14-28(46)15-17-29)43(54)44(36,26-10-12-27(45)13-11-26)38(32)34-20-9-25-5-3-4-6-31(25)39(34)50/h2-21,33,35-38,47,50H,1,22-23H2/t33-,35+,36-,37-,38+,44+/m0/s1. The van der Waals surface area contributed by atoms with Gasteiger partial charge in [0.2, 0.25) is 11.8 Å². The van der Waals surface area contributed by atoms with Crippen molar-refractivity contribution in [3.8, 4) is 5.75 Å². The maximum atomic E-state index is 15.4. The first kappa shape index (κ1) is 33.8. The van der Waals surface area contributed by atoms with Crippen LogP contribution in [-0.4, -0.2) is 33.7 Å². The lowest BCUT2D eigenvalue weighted by molar-refractivity contribution is -0.138. The van der Waals surface area contributed by atoms with Crippen LogP contribution in [0.5, 0.6) is 5.75 Å². The SMILES string of the molecule is C=Cc1ccc(N2C(=O)[C@H]3[C@H](CC=C4[C@H]3C[C@H]3C(=O)N(Nc5ccc(F)cc5)C(=O)[C@@]3(c3ccc(Cl)cc3)[C@H]4c3ccc4ccccc4c3O)C2=O)cc1. The van der Waals surface area contributed by atoms with Crippen LogP contribution >= 0.6 is 11.6 Å². The molecule has 0 aromatic heterocycles. The molecule has 2 heterocycles. The van der Waals surface area contributed by atoms with Gasteiger partial charge in [-0.1, -0.05) is 96.6 Å². The quantitative estimate of drug-likeness (QED) is 0.135. The van der Waals surface area contributed by atoms with Gasteiger partial charge < -0.3 is 5.11 Å². The number of rotatable bonds is 6. The van der Waals surface area contributed by atoms with Crippen molar-refractivity contribution in [2.24, 2.45) is 23.7 Å². The van der Waals surface area contributed by atoms with E-state index in [2.05, 4.69) is 12.0 Å². The van der Waals surface area contributed by atoms with Crippen LogP contribution in [0.4, 0.5) is 15.8 Å². The van der Waals surface area contributed by atoms with E-state index in [0.717, 1.165) is 16.0 Å². The summed E-state index contributed by atoms with van der Waals surface area (Å²) in [5, 5.41) is 14.9. The van der Waals surface area contributed by atoms with E-state index in [0.29, 0.717) is 38.5 Å². The molecular formula is C44H33ClFN3O5. The van der Waals surface area contributed by atoms with Crippen LogP contribution in [0.1, 0.15) is 35.4 Å². The fourth-order valence-electron chi connectivity index (χ4n) is 9.52. The number of phenolic OH excluding ortho intramolecular Hbond substituents is 1. The van der Waals surface area contributed by atoms with E-state index in [1.165, 1.54) is 29.2 Å². The molecule has 10 heteroatoms. The lowest BCUT2D eigenvalue weighted by Crippen LogP contribution is -2.53. The van der Waals surface area contributed by atoms with Crippen LogP contribution in [0, 0.1) is 29.5 Å². The van der Waals surface area contributed by atoms with Crippen molar-refractivity contribution in [3.63, 3.8) is 0 Å². The van der Waals surface area contributed by atoms with Gasteiger partial charge in [-0.05, 0) is 83.8 Å². The number of benzene rings is 5. The Morgan fingerprint density at radius 3 is 2.28 bits per heavy atom. The molecule has 4 amide bonds. The molecule has 9 rings (SSSR count). The van der Waals surface area contributed by atoms with Gasteiger partial charge in [0.25, 0.3) is 11.8 Å². The number of hydrogen-bond donors (Lipinski definition) is 2. The van der Waals surface area contributed by atoms with E-state index in [4.69, 9.17) is 11.6 Å². The molecule has 2 N–H and O–H groups in total. The maximum absolute atomic E-state index is 15.4. The van der Waals surface area contributed by atoms with Crippen molar-refractivity contribution in [1.82, 2.24) is 5.01 Å². The number of fused-ring (bicyclic) bond motifs is 5. The van der Waals surface area contributed by atoms with Crippen LogP contribution in [0.25, 0.3) is 16.8 Å². The number of carbonyl (C=O) groups excluding carboxylic acids is 4. The highest BCUT2D eigenvalue weighted by Gasteiger charge is 2.70. The number of phenols is 1. The molecule has 1 saturated carbocycles. The zero-order valence-corrected chi connectivity index (χ0v) is 29.5. The second kappa shape index (κ2) is 12.5. The number of anilines is 2. The normalized spacial score (nSPS) is 26.0. The number of amides is 4. The number of allylic oxidation sites excluding steroid dienone is 2. The van der Waals surface area contributed by atoms with Crippen molar-refractivity contribution in [3.05, 3.63) is 155 Å². The predicted molar refractivity (Wildman–Crippen MR) is 204 cm³/mol. The molecule has 0 unspecified atom stereocenters. The summed E-state index contributed by atoms with van der Waals surface area (Å²) in [7, 11) is 0. The van der Waals surface area contributed by atoms with Crippen molar-refractivity contribution < 1.29 is 28.7 Å². The number of imide groups is 2. The molecule has 3 fully saturated rings. The van der Waals surface area contributed by atoms with Crippen LogP contribution in [-0.2, 0) is 24.6 Å². The number of carbonyl (C=O) groups is 4. The van der Waals surface area contributed by atoms with Crippen LogP contribution in [0.15, 0.2) is 127 Å². The summed E-state index contributed by atoms with van der Waals surface area (Å²) in [6, 6.07) is 30.2. The molecule has 0 bridgehead atoms. The fourth-order valence-corrected chi connectivity index (χ4v) is 9.64. The van der Waals surface area contributed by atoms with E-state index in [1.54, 1.807) is 66.7 Å². The third kappa shape index (κ3) is 4.81. The van der Waals surface area contributed by atoms with Gasteiger partial charge >= 0.3 is 0 Å². The Kier molecular flexibility index (Phi) is 7.83. The molecule has 54 heavy (non-hydrogen) atoms. The van der Waals surface area contributed by atoms with E-state index in [-0.39, 0.29) is 30.4 Å². The minimum Gasteiger partial charge on any atom is -0.507 e. The summed E-state index contributed by atoms with van der Waals surface area (Å²) in [5.74, 6) is -6.42. The highest BCUT2D eigenvalue weighted by Crippen LogP contribution is 2.65. The summed E-state index contributed by atoms with van der Waals surface area (Å²) >= 11 is 6.40. The van der Waals surface area contributed by atoms with E-state index >= 15 is 4.79 Å². The molecule has 0 spiro atoms. The summed E-state index contributed by atoms with van der Waals surface area (Å²) in [6.45, 7) is 3.80. The number of aromatic hydroxyl groups is 1. The van der Waals surface area contributed by atoms with Gasteiger partial charge in [0, 0.05) is 21.9 Å². The Bertz CT molecular complexity index is 2450. The summed E-state index contributed by atoms with van der Waals surface area (Å²) in [4.78, 5) is 60.2. The number of nitrogens with one attached hydrogen (secondary N) is 1. The Morgan fingerprint density at radius 1 is 0.833 bits per heavy atom. The predicted octanol–water partition coefficient (Wildman–Crippen LogP) is 8.17. The lowest BCUT2D eigenvalue weighted by atomic mass is 9.49. The molecular weight excluding hydrogens is 705 g/mol. The molecule has 0 radical (unpaired) electrons. The topological polar surface area (TPSA) is 107 Å². The zero-order chi connectivity index (χ0) is 37.5. The number of hydrazine groups is 1. The van der Waals surface area contributed by atoms with Crippen LogP contribution < -0.4 is 10.3 Å². The van der Waals surface area contributed by atoms with E-state index in [1.807, 2.05) is 30.3 Å². The highest BCUT2D eigenvalue weighted by atomic mass is 35.5. The van der Waals surface area contributed by atoms with E-state index < -0.39 is 52.6 Å². The van der Waals surface area contributed by atoms with Gasteiger partial charge in [-0.25, -0.2) is 4.39 Å². The minimum atomic E-state index is -1.62. The van der Waals surface area contributed by atoms with Gasteiger partial charge in [-0.3, -0.25) is 29.5 Å². The first-order chi connectivity index (χ1) is 26.1. The largest absolute Gasteiger partial charge is 0.507 e. The van der Waals surface area contributed by atoms with Gasteiger partial charge in [-0.2, -0.15) is 5.01 Å². The molecule has 8 nitrogen and oxygen atoms in total. The van der Waals surface area contributed by atoms with E-state index in [9.17, 15) is 23.9 Å². The Morgan fingerprint density at radius 2 is 1.56 bits per heavy atom. The fraction of sp³-hybridized carbons (Fsp3) is 0.182. The number of nitrogens with zero attached hydrogens (tertiary/aromatic N) is 2. The maximum Gasteiger partial charge on any atom is 0.260 e. The van der Waals surface area contributed by atoms with Gasteiger partial charge in [0.15, 0.2) is 0 Å². The van der Waals surface area contributed by atoms with Crippen molar-refractivity contribution in [2.45, 2.75) is 24.2 Å². The van der Waals surface area contributed by atoms with Gasteiger partial charge in [-0.15, -0.1) is 0 Å². The first-order valence-electron chi connectivity index (χ1n) is 17.8. The average molecular weight is 738 g/mol. The van der Waals surface area contributed by atoms with Crippen molar-refractivity contribution >= 4 is 63.5 Å². The van der Waals surface area contributed by atoms with Gasteiger partial charge in [0.05, 0.1) is 34.5 Å². The molecule has 2 aliphatic carbocycles. The number of hydrogen-bond acceptors (Lipinski definition) is 6. The summed E-state index contributed by atoms with van der Waals surface area (Å²) < 4.78 is 13.9. The molecule has 268 valence electrons. The second-order valence-corrected chi connectivity index (χ2v) is 14.8. The number of halogens is 2. The Labute approximate surface area is 315 Å². The first-order valence-corrected chi connectivity index (χ1v) is 18.2. The van der Waals surface area contributed by atoms with Crippen LogP contribution in [0.2, 0.25) is 5.02 Å². The summed E-state index contributed by atoms with van der Waals surface area (Å²) in [6.07, 6.45) is 3.93. The molecule has 5 aromatic rings. The molecule has 4 aliphatic rings.